The van der Waals surface area contributed by atoms with Gasteiger partial charge in [-0.15, -0.1) is 0 Å². The van der Waals surface area contributed by atoms with Crippen LogP contribution in [0.25, 0.3) is 0 Å². The summed E-state index contributed by atoms with van der Waals surface area (Å²) in [6.07, 6.45) is 1.52. The summed E-state index contributed by atoms with van der Waals surface area (Å²) in [7, 11) is 0. The third-order valence-electron chi connectivity index (χ3n) is 1.65. The molecule has 1 aromatic heterocycles. The Morgan fingerprint density at radius 3 is 2.60 bits per heavy atom. The van der Waals surface area contributed by atoms with Crippen LogP contribution in [0.3, 0.4) is 0 Å². The molecule has 0 aliphatic rings. The molecule has 0 amide bonds. The second-order valence-electron chi connectivity index (χ2n) is 2.70. The number of rotatable bonds is 2. The van der Waals surface area contributed by atoms with E-state index in [0.29, 0.717) is 16.7 Å². The van der Waals surface area contributed by atoms with Gasteiger partial charge in [-0.2, -0.15) is 4.98 Å². The van der Waals surface area contributed by atoms with Gasteiger partial charge >= 0.3 is 0 Å². The van der Waals surface area contributed by atoms with E-state index in [1.807, 2.05) is 12.1 Å². The molecule has 0 radical (unpaired) electrons. The molecule has 5 heteroatoms. The van der Waals surface area contributed by atoms with Gasteiger partial charge in [0, 0.05) is 12.3 Å². The zero-order valence-electron chi connectivity index (χ0n) is 7.52. The Labute approximate surface area is 96.6 Å². The second kappa shape index (κ2) is 4.47. The normalized spacial score (nSPS) is 10.0. The van der Waals surface area contributed by atoms with Crippen molar-refractivity contribution in [3.05, 3.63) is 46.8 Å². The van der Waals surface area contributed by atoms with Crippen molar-refractivity contribution in [2.24, 2.45) is 0 Å². The van der Waals surface area contributed by atoms with Crippen molar-refractivity contribution in [3.8, 4) is 11.6 Å². The summed E-state index contributed by atoms with van der Waals surface area (Å²) >= 11 is 11.5. The van der Waals surface area contributed by atoms with Crippen LogP contribution in [-0.2, 0) is 0 Å². The molecule has 3 nitrogen and oxygen atoms in total. The third-order valence-corrected chi connectivity index (χ3v) is 2.15. The van der Waals surface area contributed by atoms with Crippen LogP contribution in [0, 0.1) is 0 Å². The molecule has 0 aliphatic carbocycles. The molecule has 0 aliphatic heterocycles. The highest BCUT2D eigenvalue weighted by atomic mass is 35.5. The Bertz CT molecular complexity index is 476. The SMILES string of the molecule is Clc1nccc(Oc2ccccc2Cl)n1. The number of hydrogen-bond acceptors (Lipinski definition) is 3. The topological polar surface area (TPSA) is 35.0 Å². The Hall–Kier alpha value is -1.32. The molecule has 0 N–H and O–H groups in total. The van der Waals surface area contributed by atoms with E-state index >= 15 is 0 Å². The second-order valence-corrected chi connectivity index (χ2v) is 3.44. The van der Waals surface area contributed by atoms with Crippen molar-refractivity contribution < 1.29 is 4.74 Å². The Balaban J connectivity index is 2.26. The molecule has 0 atom stereocenters. The average molecular weight is 241 g/mol. The molecule has 0 fully saturated rings. The predicted molar refractivity (Wildman–Crippen MR) is 58.6 cm³/mol. The smallest absolute Gasteiger partial charge is 0.225 e. The van der Waals surface area contributed by atoms with E-state index in [1.54, 1.807) is 18.2 Å². The summed E-state index contributed by atoms with van der Waals surface area (Å²) in [5.41, 5.74) is 0. The quantitative estimate of drug-likeness (QED) is 0.753. The van der Waals surface area contributed by atoms with Crippen molar-refractivity contribution in [1.82, 2.24) is 9.97 Å². The van der Waals surface area contributed by atoms with Gasteiger partial charge in [0.05, 0.1) is 5.02 Å². The Kier molecular flexibility index (Phi) is 3.04. The molecule has 0 saturated heterocycles. The first-order valence-electron chi connectivity index (χ1n) is 4.16. The number of halogens is 2. The molecule has 2 aromatic rings. The van der Waals surface area contributed by atoms with Gasteiger partial charge < -0.3 is 4.74 Å². The van der Waals surface area contributed by atoms with E-state index in [9.17, 15) is 0 Å². The minimum Gasteiger partial charge on any atom is -0.437 e. The van der Waals surface area contributed by atoms with E-state index in [-0.39, 0.29) is 5.28 Å². The van der Waals surface area contributed by atoms with Crippen LogP contribution in [0.2, 0.25) is 10.3 Å². The number of ether oxygens (including phenoxy) is 1. The summed E-state index contributed by atoms with van der Waals surface area (Å²) in [5.74, 6) is 0.900. The lowest BCUT2D eigenvalue weighted by atomic mass is 10.3. The summed E-state index contributed by atoms with van der Waals surface area (Å²) in [6.45, 7) is 0. The van der Waals surface area contributed by atoms with Crippen molar-refractivity contribution in [2.75, 3.05) is 0 Å². The largest absolute Gasteiger partial charge is 0.437 e. The molecule has 0 saturated carbocycles. The maximum Gasteiger partial charge on any atom is 0.225 e. The van der Waals surface area contributed by atoms with Crippen LogP contribution < -0.4 is 4.74 Å². The summed E-state index contributed by atoms with van der Waals surface area (Å²) in [6, 6.07) is 8.74. The van der Waals surface area contributed by atoms with E-state index in [4.69, 9.17) is 27.9 Å². The number of aromatic nitrogens is 2. The van der Waals surface area contributed by atoms with E-state index < -0.39 is 0 Å². The molecule has 1 aromatic carbocycles. The Morgan fingerprint density at radius 2 is 1.87 bits per heavy atom. The van der Waals surface area contributed by atoms with Crippen LogP contribution in [0.1, 0.15) is 0 Å². The average Bonchev–Trinajstić information content (AvgIpc) is 2.22. The van der Waals surface area contributed by atoms with Crippen LogP contribution in [0.15, 0.2) is 36.5 Å². The first-order chi connectivity index (χ1) is 7.25. The fourth-order valence-electron chi connectivity index (χ4n) is 1.02. The van der Waals surface area contributed by atoms with E-state index in [0.717, 1.165) is 0 Å². The number of nitrogens with zero attached hydrogens (tertiary/aromatic N) is 2. The van der Waals surface area contributed by atoms with E-state index in [2.05, 4.69) is 9.97 Å². The van der Waals surface area contributed by atoms with Gasteiger partial charge in [0.25, 0.3) is 0 Å². The number of hydrogen-bond donors (Lipinski definition) is 0. The van der Waals surface area contributed by atoms with Gasteiger partial charge in [0.15, 0.2) is 0 Å². The lowest BCUT2D eigenvalue weighted by molar-refractivity contribution is 0.462. The zero-order chi connectivity index (χ0) is 10.7. The highest BCUT2D eigenvalue weighted by Crippen LogP contribution is 2.27. The molecular formula is C10H6Cl2N2O. The maximum atomic E-state index is 5.91. The van der Waals surface area contributed by atoms with Gasteiger partial charge in [-0.1, -0.05) is 23.7 Å². The van der Waals surface area contributed by atoms with Crippen LogP contribution in [0.4, 0.5) is 0 Å². The standard InChI is InChI=1S/C10H6Cl2N2O/c11-7-3-1-2-4-8(7)15-9-5-6-13-10(12)14-9/h1-6H. The lowest BCUT2D eigenvalue weighted by Gasteiger charge is -2.05. The van der Waals surface area contributed by atoms with Gasteiger partial charge in [-0.05, 0) is 23.7 Å². The van der Waals surface area contributed by atoms with Crippen molar-refractivity contribution in [3.63, 3.8) is 0 Å². The fourth-order valence-corrected chi connectivity index (χ4v) is 1.33. The molecule has 0 spiro atoms. The molecule has 0 bridgehead atoms. The minimum absolute atomic E-state index is 0.138. The van der Waals surface area contributed by atoms with Gasteiger partial charge in [-0.25, -0.2) is 4.98 Å². The third kappa shape index (κ3) is 2.58. The van der Waals surface area contributed by atoms with Gasteiger partial charge in [0.2, 0.25) is 11.2 Å². The van der Waals surface area contributed by atoms with Crippen LogP contribution in [-0.4, -0.2) is 9.97 Å². The summed E-state index contributed by atoms with van der Waals surface area (Å²) in [4.78, 5) is 7.63. The number of para-hydroxylation sites is 1. The monoisotopic (exact) mass is 240 g/mol. The minimum atomic E-state index is 0.138. The van der Waals surface area contributed by atoms with Crippen molar-refractivity contribution in [2.45, 2.75) is 0 Å². The van der Waals surface area contributed by atoms with Crippen LogP contribution >= 0.6 is 23.2 Å². The van der Waals surface area contributed by atoms with Crippen LogP contribution in [0.5, 0.6) is 11.6 Å². The fraction of sp³-hybridized carbons (Fsp3) is 0. The van der Waals surface area contributed by atoms with E-state index in [1.165, 1.54) is 6.20 Å². The van der Waals surface area contributed by atoms with Crippen molar-refractivity contribution in [1.29, 1.82) is 0 Å². The first-order valence-corrected chi connectivity index (χ1v) is 4.92. The zero-order valence-corrected chi connectivity index (χ0v) is 9.03. The van der Waals surface area contributed by atoms with Gasteiger partial charge in [0.1, 0.15) is 5.75 Å². The molecule has 76 valence electrons. The van der Waals surface area contributed by atoms with Crippen molar-refractivity contribution >= 4 is 23.2 Å². The lowest BCUT2D eigenvalue weighted by Crippen LogP contribution is -1.89. The highest BCUT2D eigenvalue weighted by Gasteiger charge is 2.03. The maximum absolute atomic E-state index is 5.91. The summed E-state index contributed by atoms with van der Waals surface area (Å²) in [5, 5.41) is 0.659. The first kappa shape index (κ1) is 10.2. The molecule has 0 unspecified atom stereocenters. The van der Waals surface area contributed by atoms with Gasteiger partial charge in [-0.3, -0.25) is 0 Å². The molecule has 2 rings (SSSR count). The predicted octanol–water partition coefficient (Wildman–Crippen LogP) is 3.58. The molecule has 1 heterocycles. The molecule has 15 heavy (non-hydrogen) atoms. The molecular weight excluding hydrogens is 235 g/mol. The highest BCUT2D eigenvalue weighted by molar-refractivity contribution is 6.32. The summed E-state index contributed by atoms with van der Waals surface area (Å²) < 4.78 is 5.42. The number of benzene rings is 1. The Morgan fingerprint density at radius 1 is 1.07 bits per heavy atom.